The molecule has 0 aliphatic heterocycles. The molecule has 6 heteroatoms. The van der Waals surface area contributed by atoms with E-state index in [9.17, 15) is 5.11 Å². The fourth-order valence-electron chi connectivity index (χ4n) is 0.994. The lowest BCUT2D eigenvalue weighted by Crippen LogP contribution is -1.99. The number of hydrogen-bond donors (Lipinski definition) is 3. The summed E-state index contributed by atoms with van der Waals surface area (Å²) in [4.78, 5) is 11.6. The zero-order chi connectivity index (χ0) is 10.7. The molecule has 2 aromatic rings. The molecule has 2 aromatic heterocycles. The molecule has 2 heterocycles. The van der Waals surface area contributed by atoms with Gasteiger partial charge < -0.3 is 16.2 Å². The van der Waals surface area contributed by atoms with Crippen LogP contribution in [0.1, 0.15) is 0 Å². The molecule has 0 unspecified atom stereocenters. The summed E-state index contributed by atoms with van der Waals surface area (Å²) < 4.78 is 0. The van der Waals surface area contributed by atoms with E-state index in [1.807, 2.05) is 6.07 Å². The van der Waals surface area contributed by atoms with E-state index < -0.39 is 0 Å². The van der Waals surface area contributed by atoms with Gasteiger partial charge in [0.15, 0.2) is 0 Å². The minimum atomic E-state index is -0.247. The largest absolute Gasteiger partial charge is 0.492 e. The van der Waals surface area contributed by atoms with E-state index in [-0.39, 0.29) is 17.5 Å². The van der Waals surface area contributed by atoms with E-state index in [1.165, 1.54) is 6.20 Å². The molecule has 0 bridgehead atoms. The minimum absolute atomic E-state index is 0.140. The number of nitrogens with one attached hydrogen (secondary N) is 1. The predicted octanol–water partition coefficient (Wildman–Crippen LogP) is 0.903. The first kappa shape index (κ1) is 9.20. The summed E-state index contributed by atoms with van der Waals surface area (Å²) in [7, 11) is 0. The Bertz CT molecular complexity index is 459. The summed E-state index contributed by atoms with van der Waals surface area (Å²) in [5.74, 6) is 0.602. The van der Waals surface area contributed by atoms with Crippen molar-refractivity contribution in [2.45, 2.75) is 0 Å². The Hall–Kier alpha value is -2.37. The van der Waals surface area contributed by atoms with Crippen LogP contribution in [0.5, 0.6) is 5.88 Å². The summed E-state index contributed by atoms with van der Waals surface area (Å²) in [6.07, 6.45) is 2.97. The van der Waals surface area contributed by atoms with Crippen LogP contribution in [-0.2, 0) is 0 Å². The molecule has 0 amide bonds. The number of aromatic hydroxyl groups is 1. The monoisotopic (exact) mass is 203 g/mol. The van der Waals surface area contributed by atoms with Crippen molar-refractivity contribution >= 4 is 17.5 Å². The Morgan fingerprint density at radius 3 is 2.80 bits per heavy atom. The first-order valence-electron chi connectivity index (χ1n) is 4.25. The van der Waals surface area contributed by atoms with Crippen molar-refractivity contribution in [3.05, 3.63) is 30.6 Å². The maximum Gasteiger partial charge on any atom is 0.239 e. The minimum Gasteiger partial charge on any atom is -0.492 e. The highest BCUT2D eigenvalue weighted by Crippen LogP contribution is 2.17. The van der Waals surface area contributed by atoms with Gasteiger partial charge in [0.05, 0.1) is 6.20 Å². The Labute approximate surface area is 85.8 Å². The highest BCUT2D eigenvalue weighted by molar-refractivity contribution is 5.52. The van der Waals surface area contributed by atoms with Crippen molar-refractivity contribution in [2.24, 2.45) is 0 Å². The van der Waals surface area contributed by atoms with Crippen LogP contribution >= 0.6 is 0 Å². The first-order valence-corrected chi connectivity index (χ1v) is 4.25. The zero-order valence-corrected chi connectivity index (χ0v) is 7.75. The number of rotatable bonds is 2. The second kappa shape index (κ2) is 3.79. The fraction of sp³-hybridized carbons (Fsp3) is 0. The van der Waals surface area contributed by atoms with Crippen LogP contribution in [0.15, 0.2) is 30.6 Å². The molecule has 0 radical (unpaired) electrons. The molecule has 2 rings (SSSR count). The molecule has 15 heavy (non-hydrogen) atoms. The van der Waals surface area contributed by atoms with E-state index >= 15 is 0 Å². The van der Waals surface area contributed by atoms with Crippen molar-refractivity contribution < 1.29 is 5.11 Å². The third kappa shape index (κ3) is 2.11. The van der Waals surface area contributed by atoms with Crippen molar-refractivity contribution in [2.75, 3.05) is 11.1 Å². The van der Waals surface area contributed by atoms with Crippen molar-refractivity contribution in [1.82, 2.24) is 15.0 Å². The van der Waals surface area contributed by atoms with Gasteiger partial charge in [-0.25, -0.2) is 9.97 Å². The van der Waals surface area contributed by atoms with Gasteiger partial charge in [-0.3, -0.25) is 0 Å². The summed E-state index contributed by atoms with van der Waals surface area (Å²) in [6, 6.07) is 5.38. The molecule has 6 nitrogen and oxygen atoms in total. The van der Waals surface area contributed by atoms with Gasteiger partial charge in [-0.05, 0) is 12.1 Å². The van der Waals surface area contributed by atoms with E-state index in [0.29, 0.717) is 5.82 Å². The number of hydrogen-bond acceptors (Lipinski definition) is 6. The number of anilines is 3. The first-order chi connectivity index (χ1) is 7.25. The third-order valence-electron chi connectivity index (χ3n) is 1.70. The quantitative estimate of drug-likeness (QED) is 0.671. The Kier molecular flexibility index (Phi) is 2.32. The number of nitrogens with zero attached hydrogens (tertiary/aromatic N) is 3. The van der Waals surface area contributed by atoms with Gasteiger partial charge in [-0.2, -0.15) is 4.98 Å². The number of aromatic nitrogens is 3. The average Bonchev–Trinajstić information content (AvgIpc) is 2.25. The Morgan fingerprint density at radius 1 is 1.27 bits per heavy atom. The van der Waals surface area contributed by atoms with Crippen LogP contribution < -0.4 is 11.1 Å². The maximum absolute atomic E-state index is 9.24. The standard InChI is InChI=1S/C9H9N5O/c10-6-5-12-9(14-8(6)15)13-7-3-1-2-4-11-7/h1-5H,10H2,(H2,11,12,13,14,15). The lowest BCUT2D eigenvalue weighted by atomic mass is 10.4. The summed E-state index contributed by atoms with van der Waals surface area (Å²) in [5.41, 5.74) is 5.50. The molecule has 0 aliphatic rings. The number of nitrogens with two attached hydrogens (primary N) is 1. The van der Waals surface area contributed by atoms with Crippen LogP contribution in [0.25, 0.3) is 0 Å². The molecule has 0 aliphatic carbocycles. The maximum atomic E-state index is 9.24. The number of nitrogen functional groups attached to an aromatic ring is 1. The van der Waals surface area contributed by atoms with Gasteiger partial charge in [-0.15, -0.1) is 0 Å². The van der Waals surface area contributed by atoms with Gasteiger partial charge >= 0.3 is 0 Å². The lowest BCUT2D eigenvalue weighted by molar-refractivity contribution is 0.456. The summed E-state index contributed by atoms with van der Waals surface area (Å²) in [6.45, 7) is 0. The molecule has 0 aromatic carbocycles. The SMILES string of the molecule is Nc1cnc(Nc2ccccn2)nc1O. The highest BCUT2D eigenvalue weighted by Gasteiger charge is 2.02. The van der Waals surface area contributed by atoms with Crippen molar-refractivity contribution in [3.63, 3.8) is 0 Å². The molecule has 4 N–H and O–H groups in total. The highest BCUT2D eigenvalue weighted by atomic mass is 16.3. The molecule has 76 valence electrons. The van der Waals surface area contributed by atoms with Gasteiger partial charge in [0, 0.05) is 6.20 Å². The van der Waals surface area contributed by atoms with Gasteiger partial charge in [0.25, 0.3) is 0 Å². The average molecular weight is 203 g/mol. The van der Waals surface area contributed by atoms with E-state index in [4.69, 9.17) is 5.73 Å². The van der Waals surface area contributed by atoms with Crippen LogP contribution in [0.4, 0.5) is 17.5 Å². The van der Waals surface area contributed by atoms with Crippen molar-refractivity contribution in [3.8, 4) is 5.88 Å². The Balaban J connectivity index is 2.22. The molecule has 0 saturated carbocycles. The summed E-state index contributed by atoms with van der Waals surface area (Å²) >= 11 is 0. The van der Waals surface area contributed by atoms with Crippen LogP contribution in [0.3, 0.4) is 0 Å². The van der Waals surface area contributed by atoms with Crippen LogP contribution in [-0.4, -0.2) is 20.1 Å². The number of pyridine rings is 1. The molecule has 0 fully saturated rings. The van der Waals surface area contributed by atoms with E-state index in [0.717, 1.165) is 0 Å². The van der Waals surface area contributed by atoms with E-state index in [1.54, 1.807) is 18.3 Å². The normalized spacial score (nSPS) is 9.87. The van der Waals surface area contributed by atoms with Gasteiger partial charge in [0.1, 0.15) is 11.5 Å². The lowest BCUT2D eigenvalue weighted by Gasteiger charge is -2.03. The fourth-order valence-corrected chi connectivity index (χ4v) is 0.994. The van der Waals surface area contributed by atoms with Crippen molar-refractivity contribution in [1.29, 1.82) is 0 Å². The molecule has 0 saturated heterocycles. The Morgan fingerprint density at radius 2 is 2.13 bits per heavy atom. The molecular formula is C9H9N5O. The topological polar surface area (TPSA) is 97.0 Å². The third-order valence-corrected chi connectivity index (χ3v) is 1.70. The smallest absolute Gasteiger partial charge is 0.239 e. The molecular weight excluding hydrogens is 194 g/mol. The predicted molar refractivity (Wildman–Crippen MR) is 55.6 cm³/mol. The van der Waals surface area contributed by atoms with Crippen LogP contribution in [0, 0.1) is 0 Å². The molecule has 0 spiro atoms. The molecule has 0 atom stereocenters. The zero-order valence-electron chi connectivity index (χ0n) is 7.75. The van der Waals surface area contributed by atoms with E-state index in [2.05, 4.69) is 20.3 Å². The summed E-state index contributed by atoms with van der Waals surface area (Å²) in [5, 5.41) is 12.1. The van der Waals surface area contributed by atoms with Gasteiger partial charge in [-0.1, -0.05) is 6.07 Å². The van der Waals surface area contributed by atoms with Gasteiger partial charge in [0.2, 0.25) is 11.8 Å². The second-order valence-corrected chi connectivity index (χ2v) is 2.81. The second-order valence-electron chi connectivity index (χ2n) is 2.81. The van der Waals surface area contributed by atoms with Crippen LogP contribution in [0.2, 0.25) is 0 Å².